The molecule has 0 aliphatic rings. The smallest absolute Gasteiger partial charge is 0.457 e. The SMILES string of the molecule is Cc1cc(C(C)C)ccc1Oc1ccc(OC(F)(F)F)cc1. The van der Waals surface area contributed by atoms with E-state index >= 15 is 0 Å². The van der Waals surface area contributed by atoms with E-state index in [0.717, 1.165) is 5.56 Å². The van der Waals surface area contributed by atoms with Gasteiger partial charge < -0.3 is 9.47 Å². The highest BCUT2D eigenvalue weighted by Crippen LogP contribution is 2.30. The summed E-state index contributed by atoms with van der Waals surface area (Å²) in [4.78, 5) is 0. The molecule has 2 aromatic carbocycles. The van der Waals surface area contributed by atoms with Crippen LogP contribution < -0.4 is 9.47 Å². The largest absolute Gasteiger partial charge is 0.573 e. The van der Waals surface area contributed by atoms with Crippen LogP contribution in [0.25, 0.3) is 0 Å². The molecule has 0 fully saturated rings. The van der Waals surface area contributed by atoms with Crippen LogP contribution in [0.5, 0.6) is 17.2 Å². The van der Waals surface area contributed by atoms with Crippen LogP contribution in [0, 0.1) is 6.92 Å². The lowest BCUT2D eigenvalue weighted by Gasteiger charge is -2.13. The van der Waals surface area contributed by atoms with Crippen molar-refractivity contribution in [2.45, 2.75) is 33.1 Å². The van der Waals surface area contributed by atoms with Gasteiger partial charge in [0, 0.05) is 0 Å². The van der Waals surface area contributed by atoms with Crippen molar-refractivity contribution in [1.82, 2.24) is 0 Å². The zero-order valence-corrected chi connectivity index (χ0v) is 12.6. The molecule has 0 amide bonds. The summed E-state index contributed by atoms with van der Waals surface area (Å²) in [7, 11) is 0. The third-order valence-electron chi connectivity index (χ3n) is 3.15. The van der Waals surface area contributed by atoms with Crippen LogP contribution in [0.1, 0.15) is 30.9 Å². The van der Waals surface area contributed by atoms with E-state index in [4.69, 9.17) is 4.74 Å². The van der Waals surface area contributed by atoms with Crippen LogP contribution in [-0.2, 0) is 0 Å². The van der Waals surface area contributed by atoms with Gasteiger partial charge in [-0.15, -0.1) is 13.2 Å². The number of hydrogen-bond donors (Lipinski definition) is 0. The lowest BCUT2D eigenvalue weighted by Crippen LogP contribution is -2.16. The molecule has 0 atom stereocenters. The summed E-state index contributed by atoms with van der Waals surface area (Å²) in [5.41, 5.74) is 2.18. The van der Waals surface area contributed by atoms with E-state index in [1.165, 1.54) is 29.8 Å². The van der Waals surface area contributed by atoms with E-state index in [1.807, 2.05) is 25.1 Å². The molecular formula is C17H17F3O2. The molecule has 0 bridgehead atoms. The van der Waals surface area contributed by atoms with Crippen LogP contribution in [0.15, 0.2) is 42.5 Å². The molecule has 0 aliphatic heterocycles. The molecule has 2 rings (SSSR count). The molecule has 0 radical (unpaired) electrons. The minimum atomic E-state index is -4.69. The number of hydrogen-bond acceptors (Lipinski definition) is 2. The number of rotatable bonds is 4. The van der Waals surface area contributed by atoms with Gasteiger partial charge in [-0.2, -0.15) is 0 Å². The Hall–Kier alpha value is -2.17. The Morgan fingerprint density at radius 3 is 2.00 bits per heavy atom. The Morgan fingerprint density at radius 1 is 0.909 bits per heavy atom. The van der Waals surface area contributed by atoms with Crippen molar-refractivity contribution < 1.29 is 22.6 Å². The van der Waals surface area contributed by atoms with Crippen LogP contribution in [-0.4, -0.2) is 6.36 Å². The first-order valence-electron chi connectivity index (χ1n) is 6.89. The molecular weight excluding hydrogens is 293 g/mol. The molecule has 0 saturated carbocycles. The monoisotopic (exact) mass is 310 g/mol. The molecule has 0 spiro atoms. The van der Waals surface area contributed by atoms with E-state index in [9.17, 15) is 13.2 Å². The summed E-state index contributed by atoms with van der Waals surface area (Å²) < 4.78 is 45.8. The molecule has 0 aromatic heterocycles. The highest BCUT2D eigenvalue weighted by atomic mass is 19.4. The van der Waals surface area contributed by atoms with Gasteiger partial charge in [-0.25, -0.2) is 0 Å². The maximum Gasteiger partial charge on any atom is 0.573 e. The maximum absolute atomic E-state index is 12.1. The molecule has 2 nitrogen and oxygen atoms in total. The predicted molar refractivity (Wildman–Crippen MR) is 78.5 cm³/mol. The highest BCUT2D eigenvalue weighted by Gasteiger charge is 2.30. The molecule has 0 aliphatic carbocycles. The van der Waals surface area contributed by atoms with Crippen molar-refractivity contribution in [2.75, 3.05) is 0 Å². The summed E-state index contributed by atoms with van der Waals surface area (Å²) in [5.74, 6) is 1.28. The van der Waals surface area contributed by atoms with Crippen LogP contribution in [0.2, 0.25) is 0 Å². The minimum Gasteiger partial charge on any atom is -0.457 e. The van der Waals surface area contributed by atoms with E-state index in [1.54, 1.807) is 0 Å². The molecule has 0 heterocycles. The fraction of sp³-hybridized carbons (Fsp3) is 0.294. The van der Waals surface area contributed by atoms with Gasteiger partial charge in [0.25, 0.3) is 0 Å². The van der Waals surface area contributed by atoms with Gasteiger partial charge in [0.1, 0.15) is 17.2 Å². The average Bonchev–Trinajstić information content (AvgIpc) is 2.41. The van der Waals surface area contributed by atoms with Gasteiger partial charge in [-0.05, 0) is 54.3 Å². The second kappa shape index (κ2) is 6.30. The number of halogens is 3. The molecule has 2 aromatic rings. The van der Waals surface area contributed by atoms with Crippen LogP contribution in [0.3, 0.4) is 0 Å². The Bertz CT molecular complexity index is 631. The zero-order chi connectivity index (χ0) is 16.3. The average molecular weight is 310 g/mol. The number of benzene rings is 2. The van der Waals surface area contributed by atoms with Crippen molar-refractivity contribution >= 4 is 0 Å². The fourth-order valence-electron chi connectivity index (χ4n) is 1.98. The van der Waals surface area contributed by atoms with E-state index in [-0.39, 0.29) is 5.75 Å². The van der Waals surface area contributed by atoms with Crippen molar-refractivity contribution in [2.24, 2.45) is 0 Å². The Balaban J connectivity index is 2.11. The second-order valence-electron chi connectivity index (χ2n) is 5.30. The van der Waals surface area contributed by atoms with Gasteiger partial charge in [-0.1, -0.05) is 26.0 Å². The molecule has 5 heteroatoms. The molecule has 0 unspecified atom stereocenters. The predicted octanol–water partition coefficient (Wildman–Crippen LogP) is 5.81. The number of alkyl halides is 3. The van der Waals surface area contributed by atoms with E-state index in [0.29, 0.717) is 17.4 Å². The van der Waals surface area contributed by atoms with Gasteiger partial charge >= 0.3 is 6.36 Å². The van der Waals surface area contributed by atoms with E-state index < -0.39 is 6.36 Å². The standard InChI is InChI=1S/C17H17F3O2/c1-11(2)13-4-9-16(12(3)10-13)21-14-5-7-15(8-6-14)22-17(18,19)20/h4-11H,1-3H3. The second-order valence-corrected chi connectivity index (χ2v) is 5.30. The lowest BCUT2D eigenvalue weighted by molar-refractivity contribution is -0.274. The first kappa shape index (κ1) is 16.2. The summed E-state index contributed by atoms with van der Waals surface area (Å²) in [5, 5.41) is 0. The van der Waals surface area contributed by atoms with Crippen molar-refractivity contribution in [3.63, 3.8) is 0 Å². The minimum absolute atomic E-state index is 0.272. The molecule has 0 N–H and O–H groups in total. The first-order valence-corrected chi connectivity index (χ1v) is 6.89. The van der Waals surface area contributed by atoms with Crippen molar-refractivity contribution in [3.8, 4) is 17.2 Å². The number of aryl methyl sites for hydroxylation is 1. The van der Waals surface area contributed by atoms with Gasteiger partial charge in [0.05, 0.1) is 0 Å². The van der Waals surface area contributed by atoms with Crippen molar-refractivity contribution in [1.29, 1.82) is 0 Å². The fourth-order valence-corrected chi connectivity index (χ4v) is 1.98. The Morgan fingerprint density at radius 2 is 1.50 bits per heavy atom. The van der Waals surface area contributed by atoms with Crippen LogP contribution in [0.4, 0.5) is 13.2 Å². The van der Waals surface area contributed by atoms with Crippen LogP contribution >= 0.6 is 0 Å². The normalized spacial score (nSPS) is 11.6. The van der Waals surface area contributed by atoms with E-state index in [2.05, 4.69) is 18.6 Å². The van der Waals surface area contributed by atoms with Gasteiger partial charge in [0.15, 0.2) is 0 Å². The summed E-state index contributed by atoms with van der Waals surface area (Å²) in [6.45, 7) is 6.14. The lowest BCUT2D eigenvalue weighted by atomic mass is 10.0. The zero-order valence-electron chi connectivity index (χ0n) is 12.6. The summed E-state index contributed by atoms with van der Waals surface area (Å²) in [6.07, 6.45) is -4.69. The third kappa shape index (κ3) is 4.41. The number of ether oxygens (including phenoxy) is 2. The first-order chi connectivity index (χ1) is 10.2. The van der Waals surface area contributed by atoms with Gasteiger partial charge in [0.2, 0.25) is 0 Å². The molecule has 0 saturated heterocycles. The summed E-state index contributed by atoms with van der Waals surface area (Å²) in [6, 6.07) is 11.2. The Kier molecular flexibility index (Phi) is 4.64. The topological polar surface area (TPSA) is 18.5 Å². The highest BCUT2D eigenvalue weighted by molar-refractivity contribution is 5.41. The maximum atomic E-state index is 12.1. The third-order valence-corrected chi connectivity index (χ3v) is 3.15. The molecule has 22 heavy (non-hydrogen) atoms. The quantitative estimate of drug-likeness (QED) is 0.709. The van der Waals surface area contributed by atoms with Gasteiger partial charge in [-0.3, -0.25) is 0 Å². The summed E-state index contributed by atoms with van der Waals surface area (Å²) >= 11 is 0. The Labute approximate surface area is 127 Å². The molecule has 118 valence electrons. The van der Waals surface area contributed by atoms with Crippen molar-refractivity contribution in [3.05, 3.63) is 53.6 Å².